The molecule has 1 aromatic carbocycles. The third-order valence-electron chi connectivity index (χ3n) is 3.48. The summed E-state index contributed by atoms with van der Waals surface area (Å²) in [6, 6.07) is 10.4. The van der Waals surface area contributed by atoms with Crippen molar-refractivity contribution in [1.82, 2.24) is 15.8 Å². The van der Waals surface area contributed by atoms with Gasteiger partial charge in [0.25, 0.3) is 0 Å². The molecule has 0 radical (unpaired) electrons. The van der Waals surface area contributed by atoms with Crippen LogP contribution in [-0.4, -0.2) is 17.7 Å². The van der Waals surface area contributed by atoms with E-state index in [1.54, 1.807) is 0 Å². The Hall–Kier alpha value is -1.57. The molecule has 5 nitrogen and oxygen atoms in total. The predicted molar refractivity (Wildman–Crippen MR) is 109 cm³/mol. The molecule has 0 atom stereocenters. The lowest BCUT2D eigenvalue weighted by atomic mass is 10.1. The van der Waals surface area contributed by atoms with Crippen molar-refractivity contribution in [2.75, 3.05) is 6.54 Å². The Labute approximate surface area is 161 Å². The summed E-state index contributed by atoms with van der Waals surface area (Å²) in [4.78, 5) is 4.60. The van der Waals surface area contributed by atoms with Gasteiger partial charge in [0.1, 0.15) is 0 Å². The van der Waals surface area contributed by atoms with Gasteiger partial charge < -0.3 is 15.2 Å². The molecule has 0 aliphatic carbocycles. The molecular formula is C18H27IN4O. The second-order valence-corrected chi connectivity index (χ2v) is 5.91. The lowest BCUT2D eigenvalue weighted by Gasteiger charge is -2.09. The van der Waals surface area contributed by atoms with E-state index in [1.807, 2.05) is 13.0 Å². The molecular weight excluding hydrogens is 415 g/mol. The highest BCUT2D eigenvalue weighted by Crippen LogP contribution is 2.13. The zero-order chi connectivity index (χ0) is 16.7. The van der Waals surface area contributed by atoms with Gasteiger partial charge in [0, 0.05) is 12.6 Å². The van der Waals surface area contributed by atoms with Crippen LogP contribution < -0.4 is 10.6 Å². The van der Waals surface area contributed by atoms with E-state index < -0.39 is 0 Å². The SMILES string of the molecule is CCNC(=NCc1ccc(C)cc1)NCc1cc(C(C)C)no1.I. The van der Waals surface area contributed by atoms with Crippen LogP contribution in [0.4, 0.5) is 0 Å². The van der Waals surface area contributed by atoms with Crippen LogP contribution in [0.2, 0.25) is 0 Å². The van der Waals surface area contributed by atoms with Gasteiger partial charge in [-0.25, -0.2) is 4.99 Å². The van der Waals surface area contributed by atoms with Crippen LogP contribution in [0.3, 0.4) is 0 Å². The first-order valence-electron chi connectivity index (χ1n) is 8.11. The molecule has 0 spiro atoms. The first kappa shape index (κ1) is 20.5. The molecule has 2 rings (SSSR count). The van der Waals surface area contributed by atoms with E-state index in [4.69, 9.17) is 4.52 Å². The summed E-state index contributed by atoms with van der Waals surface area (Å²) < 4.78 is 5.34. The zero-order valence-electron chi connectivity index (χ0n) is 14.8. The van der Waals surface area contributed by atoms with E-state index in [2.05, 4.69) is 65.8 Å². The average molecular weight is 442 g/mol. The molecule has 0 fully saturated rings. The van der Waals surface area contributed by atoms with Gasteiger partial charge in [-0.2, -0.15) is 0 Å². The summed E-state index contributed by atoms with van der Waals surface area (Å²) >= 11 is 0. The summed E-state index contributed by atoms with van der Waals surface area (Å²) in [5.74, 6) is 1.96. The number of hydrogen-bond acceptors (Lipinski definition) is 3. The van der Waals surface area contributed by atoms with Crippen LogP contribution in [0, 0.1) is 6.92 Å². The Bertz CT molecular complexity index is 635. The molecule has 0 bridgehead atoms. The van der Waals surface area contributed by atoms with Gasteiger partial charge in [-0.05, 0) is 25.3 Å². The second-order valence-electron chi connectivity index (χ2n) is 5.91. The molecule has 24 heavy (non-hydrogen) atoms. The fraction of sp³-hybridized carbons (Fsp3) is 0.444. The molecule has 0 amide bonds. The largest absolute Gasteiger partial charge is 0.359 e. The normalized spacial score (nSPS) is 11.3. The minimum absolute atomic E-state index is 0. The maximum absolute atomic E-state index is 5.34. The molecule has 1 aromatic heterocycles. The van der Waals surface area contributed by atoms with Crippen molar-refractivity contribution in [3.05, 3.63) is 52.9 Å². The van der Waals surface area contributed by atoms with Crippen molar-refractivity contribution in [3.8, 4) is 0 Å². The molecule has 2 aromatic rings. The van der Waals surface area contributed by atoms with Gasteiger partial charge in [0.15, 0.2) is 11.7 Å². The third-order valence-corrected chi connectivity index (χ3v) is 3.48. The highest BCUT2D eigenvalue weighted by atomic mass is 127. The second kappa shape index (κ2) is 10.3. The van der Waals surface area contributed by atoms with Crippen molar-refractivity contribution < 1.29 is 4.52 Å². The first-order valence-corrected chi connectivity index (χ1v) is 8.11. The first-order chi connectivity index (χ1) is 11.1. The number of nitrogens with zero attached hydrogens (tertiary/aromatic N) is 2. The van der Waals surface area contributed by atoms with Crippen molar-refractivity contribution >= 4 is 29.9 Å². The number of aryl methyl sites for hydroxylation is 1. The summed E-state index contributed by atoms with van der Waals surface area (Å²) in [6.07, 6.45) is 0. The van der Waals surface area contributed by atoms with E-state index in [-0.39, 0.29) is 24.0 Å². The van der Waals surface area contributed by atoms with Gasteiger partial charge >= 0.3 is 0 Å². The smallest absolute Gasteiger partial charge is 0.191 e. The van der Waals surface area contributed by atoms with Gasteiger partial charge in [-0.3, -0.25) is 0 Å². The quantitative estimate of drug-likeness (QED) is 0.404. The summed E-state index contributed by atoms with van der Waals surface area (Å²) in [6.45, 7) is 10.4. The number of rotatable bonds is 6. The molecule has 132 valence electrons. The average Bonchev–Trinajstić information content (AvgIpc) is 3.01. The Morgan fingerprint density at radius 1 is 1.21 bits per heavy atom. The van der Waals surface area contributed by atoms with Crippen LogP contribution in [-0.2, 0) is 13.1 Å². The maximum Gasteiger partial charge on any atom is 0.191 e. The Morgan fingerprint density at radius 3 is 2.50 bits per heavy atom. The van der Waals surface area contributed by atoms with Crippen molar-refractivity contribution in [2.45, 2.75) is 46.7 Å². The molecule has 0 saturated heterocycles. The van der Waals surface area contributed by atoms with E-state index in [0.717, 1.165) is 24.0 Å². The van der Waals surface area contributed by atoms with E-state index >= 15 is 0 Å². The monoisotopic (exact) mass is 442 g/mol. The Kier molecular flexibility index (Phi) is 8.81. The Morgan fingerprint density at radius 2 is 1.92 bits per heavy atom. The maximum atomic E-state index is 5.34. The molecule has 2 N–H and O–H groups in total. The van der Waals surface area contributed by atoms with E-state index in [1.165, 1.54) is 11.1 Å². The van der Waals surface area contributed by atoms with Crippen LogP contribution in [0.5, 0.6) is 0 Å². The van der Waals surface area contributed by atoms with Crippen molar-refractivity contribution in [3.63, 3.8) is 0 Å². The van der Waals surface area contributed by atoms with Gasteiger partial charge in [0.05, 0.1) is 18.8 Å². The predicted octanol–water partition coefficient (Wildman–Crippen LogP) is 3.98. The van der Waals surface area contributed by atoms with E-state index in [9.17, 15) is 0 Å². The minimum Gasteiger partial charge on any atom is -0.359 e. The number of guanidine groups is 1. The standard InChI is InChI=1S/C18H26N4O.HI/c1-5-19-18(20-11-15-8-6-14(4)7-9-15)21-12-16-10-17(13(2)3)22-23-16;/h6-10,13H,5,11-12H2,1-4H3,(H2,19,20,21);1H. The van der Waals surface area contributed by atoms with Crippen molar-refractivity contribution in [2.24, 2.45) is 4.99 Å². The van der Waals surface area contributed by atoms with Gasteiger partial charge in [-0.15, -0.1) is 24.0 Å². The molecule has 0 aliphatic heterocycles. The van der Waals surface area contributed by atoms with Crippen molar-refractivity contribution in [1.29, 1.82) is 0 Å². The summed E-state index contributed by atoms with van der Waals surface area (Å²) in [5, 5.41) is 10.6. The van der Waals surface area contributed by atoms with Crippen LogP contribution in [0.25, 0.3) is 0 Å². The molecule has 1 heterocycles. The fourth-order valence-electron chi connectivity index (χ4n) is 2.06. The molecule has 0 saturated carbocycles. The number of halogens is 1. The van der Waals surface area contributed by atoms with Gasteiger partial charge in [-0.1, -0.05) is 48.8 Å². The highest BCUT2D eigenvalue weighted by molar-refractivity contribution is 14.0. The van der Waals surface area contributed by atoms with Gasteiger partial charge in [0.2, 0.25) is 0 Å². The Balaban J connectivity index is 0.00000288. The topological polar surface area (TPSA) is 62.5 Å². The van der Waals surface area contributed by atoms with Crippen LogP contribution >= 0.6 is 24.0 Å². The molecule has 0 aliphatic rings. The number of aromatic nitrogens is 1. The number of hydrogen-bond donors (Lipinski definition) is 2. The number of aliphatic imine (C=N–C) groups is 1. The summed E-state index contributed by atoms with van der Waals surface area (Å²) in [5.41, 5.74) is 3.42. The molecule has 0 unspecified atom stereocenters. The third kappa shape index (κ3) is 6.51. The minimum atomic E-state index is 0. The van der Waals surface area contributed by atoms with Crippen LogP contribution in [0.1, 0.15) is 49.3 Å². The fourth-order valence-corrected chi connectivity index (χ4v) is 2.06. The highest BCUT2D eigenvalue weighted by Gasteiger charge is 2.08. The number of benzene rings is 1. The zero-order valence-corrected chi connectivity index (χ0v) is 17.1. The number of nitrogens with one attached hydrogen (secondary N) is 2. The lowest BCUT2D eigenvalue weighted by molar-refractivity contribution is 0.372. The lowest BCUT2D eigenvalue weighted by Crippen LogP contribution is -2.36. The molecule has 6 heteroatoms. The van der Waals surface area contributed by atoms with E-state index in [0.29, 0.717) is 19.0 Å². The summed E-state index contributed by atoms with van der Waals surface area (Å²) in [7, 11) is 0. The van der Waals surface area contributed by atoms with Crippen LogP contribution in [0.15, 0.2) is 39.8 Å².